The molecule has 0 radical (unpaired) electrons. The zero-order chi connectivity index (χ0) is 13.1. The maximum atomic E-state index is 14.0. The molecular formula is C16H17FO. The molecule has 0 aliphatic carbocycles. The summed E-state index contributed by atoms with van der Waals surface area (Å²) >= 11 is 0. The second kappa shape index (κ2) is 5.32. The van der Waals surface area contributed by atoms with Crippen molar-refractivity contribution >= 4 is 0 Å². The molecule has 0 aliphatic rings. The van der Waals surface area contributed by atoms with Crippen LogP contribution in [-0.2, 0) is 6.42 Å². The van der Waals surface area contributed by atoms with E-state index in [1.807, 2.05) is 24.3 Å². The molecule has 2 rings (SSSR count). The molecule has 94 valence electrons. The summed E-state index contributed by atoms with van der Waals surface area (Å²) in [4.78, 5) is 0. The Morgan fingerprint density at radius 3 is 2.61 bits per heavy atom. The Morgan fingerprint density at radius 2 is 1.89 bits per heavy atom. The average molecular weight is 244 g/mol. The highest BCUT2D eigenvalue weighted by atomic mass is 19.1. The van der Waals surface area contributed by atoms with E-state index in [0.717, 1.165) is 17.5 Å². The topological polar surface area (TPSA) is 20.2 Å². The summed E-state index contributed by atoms with van der Waals surface area (Å²) in [6, 6.07) is 12.7. The number of aliphatic hydroxyl groups is 1. The van der Waals surface area contributed by atoms with E-state index in [0.29, 0.717) is 11.1 Å². The van der Waals surface area contributed by atoms with E-state index < -0.39 is 6.10 Å². The lowest BCUT2D eigenvalue weighted by Gasteiger charge is -2.14. The van der Waals surface area contributed by atoms with Crippen molar-refractivity contribution < 1.29 is 9.50 Å². The van der Waals surface area contributed by atoms with E-state index in [4.69, 9.17) is 0 Å². The fourth-order valence-electron chi connectivity index (χ4n) is 2.04. The first-order valence-electron chi connectivity index (χ1n) is 6.15. The van der Waals surface area contributed by atoms with Crippen LogP contribution in [0.25, 0.3) is 0 Å². The quantitative estimate of drug-likeness (QED) is 0.871. The van der Waals surface area contributed by atoms with Crippen LogP contribution in [0.4, 0.5) is 4.39 Å². The molecule has 0 bridgehead atoms. The minimum Gasteiger partial charge on any atom is -0.384 e. The lowest BCUT2D eigenvalue weighted by atomic mass is 9.97. The number of rotatable bonds is 3. The molecule has 0 saturated carbocycles. The van der Waals surface area contributed by atoms with Gasteiger partial charge in [-0.15, -0.1) is 0 Å². The van der Waals surface area contributed by atoms with E-state index in [9.17, 15) is 9.50 Å². The predicted molar refractivity (Wildman–Crippen MR) is 71.0 cm³/mol. The molecule has 18 heavy (non-hydrogen) atoms. The number of hydrogen-bond donors (Lipinski definition) is 1. The standard InChI is InChI=1S/C16H17FO/c1-3-12-7-5-8-13(10-12)16(18)14-9-4-6-11(2)15(14)17/h4-10,16,18H,3H2,1-2H3. The highest BCUT2D eigenvalue weighted by molar-refractivity contribution is 5.35. The van der Waals surface area contributed by atoms with Gasteiger partial charge in [0.1, 0.15) is 11.9 Å². The van der Waals surface area contributed by atoms with E-state index in [1.165, 1.54) is 0 Å². The summed E-state index contributed by atoms with van der Waals surface area (Å²) < 4.78 is 14.0. The van der Waals surface area contributed by atoms with Crippen LogP contribution >= 0.6 is 0 Å². The third kappa shape index (κ3) is 2.44. The van der Waals surface area contributed by atoms with Gasteiger partial charge in [-0.3, -0.25) is 0 Å². The van der Waals surface area contributed by atoms with Crippen molar-refractivity contribution in [3.05, 3.63) is 70.5 Å². The van der Waals surface area contributed by atoms with Crippen molar-refractivity contribution in [2.75, 3.05) is 0 Å². The second-order valence-electron chi connectivity index (χ2n) is 4.48. The second-order valence-corrected chi connectivity index (χ2v) is 4.48. The van der Waals surface area contributed by atoms with E-state index in [1.54, 1.807) is 25.1 Å². The van der Waals surface area contributed by atoms with Gasteiger partial charge in [-0.1, -0.05) is 49.4 Å². The van der Waals surface area contributed by atoms with Crippen LogP contribution in [0.15, 0.2) is 42.5 Å². The van der Waals surface area contributed by atoms with Crippen molar-refractivity contribution in [1.29, 1.82) is 0 Å². The Hall–Kier alpha value is -1.67. The maximum absolute atomic E-state index is 14.0. The highest BCUT2D eigenvalue weighted by Crippen LogP contribution is 2.26. The van der Waals surface area contributed by atoms with Crippen molar-refractivity contribution in [1.82, 2.24) is 0 Å². The minimum absolute atomic E-state index is 0.327. The summed E-state index contributed by atoms with van der Waals surface area (Å²) in [7, 11) is 0. The molecular weight excluding hydrogens is 227 g/mol. The van der Waals surface area contributed by atoms with Gasteiger partial charge in [0.2, 0.25) is 0 Å². The first kappa shape index (κ1) is 12.8. The van der Waals surface area contributed by atoms with Crippen molar-refractivity contribution in [2.45, 2.75) is 26.4 Å². The van der Waals surface area contributed by atoms with Gasteiger partial charge < -0.3 is 5.11 Å². The lowest BCUT2D eigenvalue weighted by Crippen LogP contribution is -2.04. The molecule has 2 heteroatoms. The highest BCUT2D eigenvalue weighted by Gasteiger charge is 2.16. The summed E-state index contributed by atoms with van der Waals surface area (Å²) in [6.45, 7) is 3.76. The smallest absolute Gasteiger partial charge is 0.132 e. The Kier molecular flexibility index (Phi) is 3.78. The number of halogens is 1. The van der Waals surface area contributed by atoms with Crippen LogP contribution in [-0.4, -0.2) is 5.11 Å². The molecule has 0 amide bonds. The lowest BCUT2D eigenvalue weighted by molar-refractivity contribution is 0.214. The van der Waals surface area contributed by atoms with Crippen molar-refractivity contribution in [2.24, 2.45) is 0 Å². The number of benzene rings is 2. The zero-order valence-corrected chi connectivity index (χ0v) is 10.7. The monoisotopic (exact) mass is 244 g/mol. The number of aliphatic hydroxyl groups excluding tert-OH is 1. The normalized spacial score (nSPS) is 12.4. The van der Waals surface area contributed by atoms with Gasteiger partial charge in [0.25, 0.3) is 0 Å². The molecule has 1 N–H and O–H groups in total. The number of aryl methyl sites for hydroxylation is 2. The van der Waals surface area contributed by atoms with Crippen LogP contribution in [0.5, 0.6) is 0 Å². The van der Waals surface area contributed by atoms with Crippen LogP contribution in [0.1, 0.15) is 35.3 Å². The molecule has 0 fully saturated rings. The Balaban J connectivity index is 2.41. The summed E-state index contributed by atoms with van der Waals surface area (Å²) in [5.41, 5.74) is 2.76. The number of hydrogen-bond acceptors (Lipinski definition) is 1. The zero-order valence-electron chi connectivity index (χ0n) is 10.7. The fraction of sp³-hybridized carbons (Fsp3) is 0.250. The molecule has 0 aliphatic heterocycles. The van der Waals surface area contributed by atoms with E-state index in [2.05, 4.69) is 6.92 Å². The molecule has 1 atom stereocenters. The van der Waals surface area contributed by atoms with E-state index >= 15 is 0 Å². The SMILES string of the molecule is CCc1cccc(C(O)c2cccc(C)c2F)c1. The Morgan fingerprint density at radius 1 is 1.17 bits per heavy atom. The fourth-order valence-corrected chi connectivity index (χ4v) is 2.04. The van der Waals surface area contributed by atoms with Gasteiger partial charge in [-0.2, -0.15) is 0 Å². The molecule has 1 unspecified atom stereocenters. The van der Waals surface area contributed by atoms with Gasteiger partial charge in [0.05, 0.1) is 0 Å². The summed E-state index contributed by atoms with van der Waals surface area (Å²) in [5, 5.41) is 10.3. The largest absolute Gasteiger partial charge is 0.384 e. The first-order valence-corrected chi connectivity index (χ1v) is 6.15. The molecule has 2 aromatic carbocycles. The van der Waals surface area contributed by atoms with Gasteiger partial charge >= 0.3 is 0 Å². The molecule has 1 nitrogen and oxygen atoms in total. The van der Waals surface area contributed by atoms with Gasteiger partial charge in [0.15, 0.2) is 0 Å². The third-order valence-electron chi connectivity index (χ3n) is 3.19. The first-order chi connectivity index (χ1) is 8.63. The molecule has 0 heterocycles. The Labute approximate surface area is 107 Å². The van der Waals surface area contributed by atoms with Crippen LogP contribution in [0, 0.1) is 12.7 Å². The van der Waals surface area contributed by atoms with Crippen LogP contribution < -0.4 is 0 Å². The van der Waals surface area contributed by atoms with Gasteiger partial charge in [-0.05, 0) is 30.0 Å². The maximum Gasteiger partial charge on any atom is 0.132 e. The minimum atomic E-state index is -0.906. The van der Waals surface area contributed by atoms with Crippen LogP contribution in [0.3, 0.4) is 0 Å². The molecule has 2 aromatic rings. The van der Waals surface area contributed by atoms with Gasteiger partial charge in [-0.25, -0.2) is 4.39 Å². The van der Waals surface area contributed by atoms with E-state index in [-0.39, 0.29) is 5.82 Å². The summed E-state index contributed by atoms with van der Waals surface area (Å²) in [6.07, 6.45) is -0.00645. The third-order valence-corrected chi connectivity index (χ3v) is 3.19. The van der Waals surface area contributed by atoms with Crippen molar-refractivity contribution in [3.63, 3.8) is 0 Å². The van der Waals surface area contributed by atoms with Crippen LogP contribution in [0.2, 0.25) is 0 Å². The summed E-state index contributed by atoms with van der Waals surface area (Å²) in [5.74, 6) is -0.327. The molecule has 0 aromatic heterocycles. The van der Waals surface area contributed by atoms with Gasteiger partial charge in [0, 0.05) is 5.56 Å². The average Bonchev–Trinajstić information content (AvgIpc) is 2.41. The Bertz CT molecular complexity index is 549. The predicted octanol–water partition coefficient (Wildman–Crippen LogP) is 3.78. The van der Waals surface area contributed by atoms with Crippen molar-refractivity contribution in [3.8, 4) is 0 Å². The molecule has 0 spiro atoms. The molecule has 0 saturated heterocycles.